The number of β-amino-alcohol motifs (C(OH)–C–C–N with tert-alkyl or cyclic N) is 1. The van der Waals surface area contributed by atoms with E-state index in [0.29, 0.717) is 12.6 Å². The van der Waals surface area contributed by atoms with Crippen molar-refractivity contribution in [1.82, 2.24) is 4.90 Å². The lowest BCUT2D eigenvalue weighted by molar-refractivity contribution is 0.0474. The van der Waals surface area contributed by atoms with Gasteiger partial charge in [0.25, 0.3) is 0 Å². The normalized spacial score (nSPS) is 33.9. The maximum absolute atomic E-state index is 10.5. The Morgan fingerprint density at radius 2 is 2.29 bits per heavy atom. The molecule has 3 heteroatoms. The Bertz CT molecular complexity index is 322. The van der Waals surface area contributed by atoms with Crippen molar-refractivity contribution in [2.45, 2.75) is 31.9 Å². The molecule has 14 heavy (non-hydrogen) atoms. The van der Waals surface area contributed by atoms with Crippen molar-refractivity contribution in [3.05, 3.63) is 23.7 Å². The van der Waals surface area contributed by atoms with E-state index in [4.69, 9.17) is 4.42 Å². The molecule has 2 unspecified atom stereocenters. The quantitative estimate of drug-likeness (QED) is 0.737. The summed E-state index contributed by atoms with van der Waals surface area (Å²) in [5.41, 5.74) is 1.26. The van der Waals surface area contributed by atoms with Crippen LogP contribution in [0.3, 0.4) is 0 Å². The molecule has 0 bridgehead atoms. The Balaban J connectivity index is 2.31. The number of aliphatic hydroxyl groups is 1. The van der Waals surface area contributed by atoms with Crippen molar-refractivity contribution in [2.24, 2.45) is 0 Å². The number of rotatable bonds is 1. The summed E-state index contributed by atoms with van der Waals surface area (Å²) in [5.74, 6) is 0. The molecule has 1 aliphatic rings. The van der Waals surface area contributed by atoms with Crippen LogP contribution in [-0.2, 0) is 5.60 Å². The van der Waals surface area contributed by atoms with Crippen molar-refractivity contribution in [2.75, 3.05) is 13.6 Å². The molecule has 2 atom stereocenters. The molecule has 0 amide bonds. The predicted octanol–water partition coefficient (Wildman–Crippen LogP) is 1.50. The summed E-state index contributed by atoms with van der Waals surface area (Å²) in [6.07, 6.45) is 4.14. The highest BCUT2D eigenvalue weighted by atomic mass is 16.3. The second kappa shape index (κ2) is 3.11. The highest BCUT2D eigenvalue weighted by Gasteiger charge is 2.41. The summed E-state index contributed by atoms with van der Waals surface area (Å²) in [6.45, 7) is 4.79. The van der Waals surface area contributed by atoms with Crippen LogP contribution in [0.25, 0.3) is 0 Å². The average Bonchev–Trinajstić information content (AvgIpc) is 2.59. The second-order valence-corrected chi connectivity index (χ2v) is 4.47. The van der Waals surface area contributed by atoms with Gasteiger partial charge in [0, 0.05) is 18.2 Å². The minimum atomic E-state index is -0.717. The van der Waals surface area contributed by atoms with Gasteiger partial charge in [-0.3, -0.25) is 0 Å². The van der Waals surface area contributed by atoms with E-state index in [1.54, 1.807) is 12.5 Å². The van der Waals surface area contributed by atoms with Gasteiger partial charge in [0.1, 0.15) is 5.60 Å². The third-order valence-corrected chi connectivity index (χ3v) is 3.25. The van der Waals surface area contributed by atoms with Crippen molar-refractivity contribution in [3.63, 3.8) is 0 Å². The molecule has 1 saturated heterocycles. The van der Waals surface area contributed by atoms with E-state index >= 15 is 0 Å². The van der Waals surface area contributed by atoms with Crippen LogP contribution in [0.5, 0.6) is 0 Å². The van der Waals surface area contributed by atoms with Crippen molar-refractivity contribution >= 4 is 0 Å². The van der Waals surface area contributed by atoms with Crippen LogP contribution in [0, 0.1) is 6.92 Å². The van der Waals surface area contributed by atoms with Crippen LogP contribution >= 0.6 is 0 Å². The third kappa shape index (κ3) is 1.37. The Kier molecular flexibility index (Phi) is 2.16. The van der Waals surface area contributed by atoms with E-state index in [9.17, 15) is 5.11 Å². The molecule has 1 aliphatic heterocycles. The zero-order valence-corrected chi connectivity index (χ0v) is 8.95. The molecule has 0 aliphatic carbocycles. The zero-order valence-electron chi connectivity index (χ0n) is 8.95. The Morgan fingerprint density at radius 3 is 2.71 bits per heavy atom. The number of likely N-dealkylation sites (tertiary alicyclic amines) is 1. The van der Waals surface area contributed by atoms with Gasteiger partial charge in [0.15, 0.2) is 0 Å². The Labute approximate surface area is 84.3 Å². The first-order valence-electron chi connectivity index (χ1n) is 4.99. The largest absolute Gasteiger partial charge is 0.472 e. The molecular formula is C11H17NO2. The number of hydrogen-bond donors (Lipinski definition) is 1. The first kappa shape index (κ1) is 9.74. The number of nitrogens with zero attached hydrogens (tertiary/aromatic N) is 1. The lowest BCUT2D eigenvalue weighted by Crippen LogP contribution is -2.29. The monoisotopic (exact) mass is 195 g/mol. The lowest BCUT2D eigenvalue weighted by Gasteiger charge is -2.21. The molecule has 2 heterocycles. The predicted molar refractivity (Wildman–Crippen MR) is 54.1 cm³/mol. The first-order valence-corrected chi connectivity index (χ1v) is 4.99. The van der Waals surface area contributed by atoms with Crippen LogP contribution < -0.4 is 0 Å². The molecule has 2 rings (SSSR count). The summed E-state index contributed by atoms with van der Waals surface area (Å²) in [4.78, 5) is 2.17. The average molecular weight is 195 g/mol. The summed E-state index contributed by atoms with van der Waals surface area (Å²) in [6, 6.07) is 0.425. The smallest absolute Gasteiger partial charge is 0.107 e. The number of furan rings is 1. The van der Waals surface area contributed by atoms with Gasteiger partial charge in [0.2, 0.25) is 0 Å². The van der Waals surface area contributed by atoms with Gasteiger partial charge in [-0.05, 0) is 32.9 Å². The van der Waals surface area contributed by atoms with Gasteiger partial charge in [0.05, 0.1) is 12.5 Å². The fourth-order valence-corrected chi connectivity index (χ4v) is 2.31. The third-order valence-electron chi connectivity index (χ3n) is 3.25. The maximum atomic E-state index is 10.5. The molecule has 1 aromatic rings. The minimum Gasteiger partial charge on any atom is -0.472 e. The van der Waals surface area contributed by atoms with Crippen LogP contribution in [0.2, 0.25) is 0 Å². The standard InChI is InChI=1S/C11H17NO2/c1-8-5-14-6-10(8)11(13)4-9(2)12(3)7-11/h5-6,9,13H,4,7H2,1-3H3. The molecule has 1 aromatic heterocycles. The topological polar surface area (TPSA) is 36.6 Å². The molecule has 3 nitrogen and oxygen atoms in total. The number of hydrogen-bond acceptors (Lipinski definition) is 3. The highest BCUT2D eigenvalue weighted by molar-refractivity contribution is 5.28. The van der Waals surface area contributed by atoms with Gasteiger partial charge >= 0.3 is 0 Å². The van der Waals surface area contributed by atoms with Crippen LogP contribution in [0.15, 0.2) is 16.9 Å². The van der Waals surface area contributed by atoms with E-state index in [1.807, 2.05) is 14.0 Å². The first-order chi connectivity index (χ1) is 6.53. The molecule has 1 N–H and O–H groups in total. The molecule has 0 saturated carbocycles. The van der Waals surface area contributed by atoms with Crippen LogP contribution in [-0.4, -0.2) is 29.6 Å². The van der Waals surface area contributed by atoms with E-state index in [0.717, 1.165) is 17.5 Å². The highest BCUT2D eigenvalue weighted by Crippen LogP contribution is 2.36. The molecule has 78 valence electrons. The van der Waals surface area contributed by atoms with E-state index < -0.39 is 5.60 Å². The summed E-state index contributed by atoms with van der Waals surface area (Å²) >= 11 is 0. The van der Waals surface area contributed by atoms with E-state index in [-0.39, 0.29) is 0 Å². The zero-order chi connectivity index (χ0) is 10.3. The van der Waals surface area contributed by atoms with Crippen molar-refractivity contribution in [3.8, 4) is 0 Å². The summed E-state index contributed by atoms with van der Waals surface area (Å²) in [5, 5.41) is 10.5. The molecule has 0 aromatic carbocycles. The molecular weight excluding hydrogens is 178 g/mol. The van der Waals surface area contributed by atoms with Gasteiger partial charge in [-0.15, -0.1) is 0 Å². The fourth-order valence-electron chi connectivity index (χ4n) is 2.31. The molecule has 0 spiro atoms. The van der Waals surface area contributed by atoms with E-state index in [1.165, 1.54) is 0 Å². The van der Waals surface area contributed by atoms with E-state index in [2.05, 4.69) is 11.8 Å². The number of likely N-dealkylation sites (N-methyl/N-ethyl adjacent to an activating group) is 1. The molecule has 1 fully saturated rings. The summed E-state index contributed by atoms with van der Waals surface area (Å²) < 4.78 is 5.11. The van der Waals surface area contributed by atoms with Gasteiger partial charge in [-0.25, -0.2) is 0 Å². The Hall–Kier alpha value is -0.800. The Morgan fingerprint density at radius 1 is 1.57 bits per heavy atom. The minimum absolute atomic E-state index is 0.425. The van der Waals surface area contributed by atoms with Crippen molar-refractivity contribution < 1.29 is 9.52 Å². The molecule has 0 radical (unpaired) electrons. The SMILES string of the molecule is Cc1cocc1C1(O)CC(C)N(C)C1. The maximum Gasteiger partial charge on any atom is 0.107 e. The number of aryl methyl sites for hydroxylation is 1. The van der Waals surface area contributed by atoms with Gasteiger partial charge < -0.3 is 14.4 Å². The second-order valence-electron chi connectivity index (χ2n) is 4.47. The lowest BCUT2D eigenvalue weighted by atomic mass is 9.91. The van der Waals surface area contributed by atoms with Crippen LogP contribution in [0.1, 0.15) is 24.5 Å². The fraction of sp³-hybridized carbons (Fsp3) is 0.636. The summed E-state index contributed by atoms with van der Waals surface area (Å²) in [7, 11) is 2.04. The van der Waals surface area contributed by atoms with Crippen molar-refractivity contribution in [1.29, 1.82) is 0 Å². The van der Waals surface area contributed by atoms with Crippen LogP contribution in [0.4, 0.5) is 0 Å². The van der Waals surface area contributed by atoms with Gasteiger partial charge in [-0.1, -0.05) is 0 Å². The van der Waals surface area contributed by atoms with Gasteiger partial charge in [-0.2, -0.15) is 0 Å².